The molecule has 0 aliphatic rings. The van der Waals surface area contributed by atoms with Crippen LogP contribution in [0.4, 0.5) is 34.1 Å². The Labute approximate surface area is 271 Å². The molecule has 2 nitrogen and oxygen atoms in total. The zero-order valence-electron chi connectivity index (χ0n) is 26.8. The van der Waals surface area contributed by atoms with Crippen molar-refractivity contribution in [1.29, 1.82) is 0 Å². The van der Waals surface area contributed by atoms with Crippen LogP contribution < -0.4 is 9.80 Å². The number of aryl methyl sites for hydroxylation is 4. The van der Waals surface area contributed by atoms with Crippen LogP contribution in [0.15, 0.2) is 146 Å². The summed E-state index contributed by atoms with van der Waals surface area (Å²) in [5.74, 6) is 0. The van der Waals surface area contributed by atoms with E-state index in [4.69, 9.17) is 0 Å². The number of hydrogen-bond acceptors (Lipinski definition) is 2. The van der Waals surface area contributed by atoms with Crippen LogP contribution in [0.5, 0.6) is 0 Å². The normalized spacial score (nSPS) is 11.5. The first-order chi connectivity index (χ1) is 22.5. The molecule has 0 saturated carbocycles. The monoisotopic (exact) mass is 592 g/mol. The fourth-order valence-corrected chi connectivity index (χ4v) is 7.41. The van der Waals surface area contributed by atoms with Crippen LogP contribution in [0.3, 0.4) is 0 Å². The van der Waals surface area contributed by atoms with Crippen molar-refractivity contribution in [1.82, 2.24) is 0 Å². The molecule has 0 spiro atoms. The van der Waals surface area contributed by atoms with E-state index in [0.29, 0.717) is 0 Å². The Morgan fingerprint density at radius 1 is 0.326 bits per heavy atom. The molecule has 0 aliphatic heterocycles. The van der Waals surface area contributed by atoms with Crippen LogP contribution >= 0.6 is 0 Å². The van der Waals surface area contributed by atoms with Gasteiger partial charge in [-0.3, -0.25) is 0 Å². The van der Waals surface area contributed by atoms with Crippen molar-refractivity contribution in [3.8, 4) is 0 Å². The molecule has 0 amide bonds. The first-order valence-electron chi connectivity index (χ1n) is 16.0. The Balaban J connectivity index is 1.45. The molecule has 0 fully saturated rings. The van der Waals surface area contributed by atoms with E-state index in [1.807, 2.05) is 0 Å². The average molecular weight is 593 g/mol. The summed E-state index contributed by atoms with van der Waals surface area (Å²) in [5.41, 5.74) is 12.2. The maximum Gasteiger partial charge on any atom is 0.0540 e. The van der Waals surface area contributed by atoms with Crippen molar-refractivity contribution in [2.75, 3.05) is 9.80 Å². The zero-order chi connectivity index (χ0) is 31.4. The third-order valence-corrected chi connectivity index (χ3v) is 9.46. The van der Waals surface area contributed by atoms with Gasteiger partial charge in [-0.15, -0.1) is 0 Å². The number of hydrogen-bond donors (Lipinski definition) is 0. The highest BCUT2D eigenvalue weighted by atomic mass is 15.2. The van der Waals surface area contributed by atoms with Crippen molar-refractivity contribution >= 4 is 66.4 Å². The summed E-state index contributed by atoms with van der Waals surface area (Å²) in [6.07, 6.45) is 0. The SMILES string of the molecule is Cc1cccc(C)c1N(c1ccccc1)c1ccc2ccc3c(N(c4ccccc4)c4c(C)cccc4C)ccc4ccc1c2c43. The lowest BCUT2D eigenvalue weighted by molar-refractivity contribution is 1.23. The number of rotatable bonds is 6. The van der Waals surface area contributed by atoms with Gasteiger partial charge in [0.1, 0.15) is 0 Å². The second-order valence-corrected chi connectivity index (χ2v) is 12.4. The van der Waals surface area contributed by atoms with Gasteiger partial charge in [0.2, 0.25) is 0 Å². The molecular formula is C44H36N2. The molecule has 8 aromatic carbocycles. The summed E-state index contributed by atoms with van der Waals surface area (Å²) >= 11 is 0. The molecule has 0 aromatic heterocycles. The average Bonchev–Trinajstić information content (AvgIpc) is 3.08. The predicted octanol–water partition coefficient (Wildman–Crippen LogP) is 12.8. The van der Waals surface area contributed by atoms with E-state index >= 15 is 0 Å². The molecule has 2 heteroatoms. The fourth-order valence-electron chi connectivity index (χ4n) is 7.41. The second kappa shape index (κ2) is 11.1. The van der Waals surface area contributed by atoms with Crippen LogP contribution in [0.25, 0.3) is 32.3 Å². The second-order valence-electron chi connectivity index (χ2n) is 12.4. The summed E-state index contributed by atoms with van der Waals surface area (Å²) in [6.45, 7) is 8.86. The van der Waals surface area contributed by atoms with E-state index in [0.717, 1.165) is 11.4 Å². The number of benzene rings is 8. The molecule has 0 saturated heterocycles. The minimum absolute atomic E-state index is 1.15. The number of nitrogens with zero attached hydrogens (tertiary/aromatic N) is 2. The minimum Gasteiger partial charge on any atom is -0.309 e. The van der Waals surface area contributed by atoms with Gasteiger partial charge < -0.3 is 9.80 Å². The van der Waals surface area contributed by atoms with Crippen molar-refractivity contribution < 1.29 is 0 Å². The standard InChI is InChI=1S/C44H36N2/c1-29-13-11-14-30(2)43(29)45(35-17-7-5-8-18-35)39-27-23-33-22-26-38-40(28-24-34-21-25-37(39)41(33)42(34)38)46(36-19-9-6-10-20-36)44-31(3)15-12-16-32(44)4/h5-28H,1-4H3. The van der Waals surface area contributed by atoms with Crippen LogP contribution in [-0.2, 0) is 0 Å². The predicted molar refractivity (Wildman–Crippen MR) is 198 cm³/mol. The third-order valence-electron chi connectivity index (χ3n) is 9.46. The smallest absolute Gasteiger partial charge is 0.0540 e. The van der Waals surface area contributed by atoms with Gasteiger partial charge in [-0.25, -0.2) is 0 Å². The molecule has 0 radical (unpaired) electrons. The topological polar surface area (TPSA) is 6.48 Å². The lowest BCUT2D eigenvalue weighted by atomic mass is 9.91. The van der Waals surface area contributed by atoms with Crippen molar-refractivity contribution in [2.24, 2.45) is 0 Å². The molecule has 0 aliphatic carbocycles. The van der Waals surface area contributed by atoms with Crippen molar-refractivity contribution in [2.45, 2.75) is 27.7 Å². The summed E-state index contributed by atoms with van der Waals surface area (Å²) in [6, 6.07) is 53.2. The molecule has 0 atom stereocenters. The van der Waals surface area contributed by atoms with E-state index in [-0.39, 0.29) is 0 Å². The Hall–Kier alpha value is -5.60. The summed E-state index contributed by atoms with van der Waals surface area (Å²) in [4.78, 5) is 4.90. The van der Waals surface area contributed by atoms with Crippen molar-refractivity contribution in [3.63, 3.8) is 0 Å². The van der Waals surface area contributed by atoms with Crippen LogP contribution in [0.1, 0.15) is 22.3 Å². The van der Waals surface area contributed by atoms with E-state index in [9.17, 15) is 0 Å². The largest absolute Gasteiger partial charge is 0.309 e. The summed E-state index contributed by atoms with van der Waals surface area (Å²) in [5, 5.41) is 7.60. The Morgan fingerprint density at radius 2 is 0.674 bits per heavy atom. The molecular weight excluding hydrogens is 556 g/mol. The maximum atomic E-state index is 2.45. The molecule has 0 unspecified atom stereocenters. The van der Waals surface area contributed by atoms with Gasteiger partial charge in [0.15, 0.2) is 0 Å². The first-order valence-corrected chi connectivity index (χ1v) is 16.0. The number of anilines is 6. The Morgan fingerprint density at radius 3 is 1.04 bits per heavy atom. The van der Waals surface area contributed by atoms with E-state index in [1.165, 1.54) is 77.3 Å². The van der Waals surface area contributed by atoms with Crippen LogP contribution in [0, 0.1) is 27.7 Å². The van der Waals surface area contributed by atoms with E-state index in [2.05, 4.69) is 183 Å². The third kappa shape index (κ3) is 4.41. The van der Waals surface area contributed by atoms with E-state index in [1.54, 1.807) is 0 Å². The maximum absolute atomic E-state index is 2.45. The van der Waals surface area contributed by atoms with Crippen LogP contribution in [-0.4, -0.2) is 0 Å². The van der Waals surface area contributed by atoms with Gasteiger partial charge in [0.25, 0.3) is 0 Å². The molecule has 0 N–H and O–H groups in total. The van der Waals surface area contributed by atoms with Crippen LogP contribution in [0.2, 0.25) is 0 Å². The lowest BCUT2D eigenvalue weighted by Gasteiger charge is -2.31. The highest BCUT2D eigenvalue weighted by Gasteiger charge is 2.23. The molecule has 0 bridgehead atoms. The van der Waals surface area contributed by atoms with Gasteiger partial charge >= 0.3 is 0 Å². The molecule has 46 heavy (non-hydrogen) atoms. The molecule has 8 rings (SSSR count). The Kier molecular flexibility index (Phi) is 6.73. The summed E-state index contributed by atoms with van der Waals surface area (Å²) in [7, 11) is 0. The highest BCUT2D eigenvalue weighted by molar-refractivity contribution is 6.28. The Bertz CT molecular complexity index is 2150. The van der Waals surface area contributed by atoms with Gasteiger partial charge in [-0.05, 0) is 108 Å². The summed E-state index contributed by atoms with van der Waals surface area (Å²) < 4.78 is 0. The van der Waals surface area contributed by atoms with Gasteiger partial charge in [0, 0.05) is 22.1 Å². The van der Waals surface area contributed by atoms with Gasteiger partial charge in [-0.2, -0.15) is 0 Å². The highest BCUT2D eigenvalue weighted by Crippen LogP contribution is 2.48. The lowest BCUT2D eigenvalue weighted by Crippen LogP contribution is -2.14. The minimum atomic E-state index is 1.15. The van der Waals surface area contributed by atoms with Gasteiger partial charge in [0.05, 0.1) is 22.7 Å². The zero-order valence-corrected chi connectivity index (χ0v) is 26.8. The van der Waals surface area contributed by atoms with Crippen molar-refractivity contribution in [3.05, 3.63) is 168 Å². The van der Waals surface area contributed by atoms with Gasteiger partial charge in [-0.1, -0.05) is 109 Å². The number of para-hydroxylation sites is 4. The quantitative estimate of drug-likeness (QED) is 0.177. The fraction of sp³-hybridized carbons (Fsp3) is 0.0909. The van der Waals surface area contributed by atoms with E-state index < -0.39 is 0 Å². The first kappa shape index (κ1) is 27.9. The molecule has 222 valence electrons. The molecule has 0 heterocycles. The molecule has 8 aromatic rings.